The van der Waals surface area contributed by atoms with E-state index in [9.17, 15) is 4.79 Å². The van der Waals surface area contributed by atoms with Crippen LogP contribution in [0.15, 0.2) is 24.3 Å². The number of carbonyl (C=O) groups excluding carboxylic acids is 1. The average Bonchev–Trinajstić information content (AvgIpc) is 2.36. The fraction of sp³-hybridized carbons (Fsp3) is 0.533. The minimum Gasteiger partial charge on any atom is -0.373 e. The Kier molecular flexibility index (Phi) is 5.99. The van der Waals surface area contributed by atoms with Crippen LogP contribution in [0, 0.1) is 0 Å². The van der Waals surface area contributed by atoms with E-state index in [1.54, 1.807) is 0 Å². The van der Waals surface area contributed by atoms with Crippen LogP contribution in [0.25, 0.3) is 0 Å². The summed E-state index contributed by atoms with van der Waals surface area (Å²) in [6.07, 6.45) is 1.14. The fourth-order valence-electron chi connectivity index (χ4n) is 2.21. The Hall–Kier alpha value is -1.10. The number of rotatable bonds is 4. The molecule has 0 spiro atoms. The zero-order chi connectivity index (χ0) is 13.9. The molecule has 3 N–H and O–H groups in total. The third-order valence-corrected chi connectivity index (χ3v) is 3.20. The SMILES string of the molecule is CC(C)(N)CNC(=O)CC1OCCc2ccccc21.Cl. The molecule has 0 saturated heterocycles. The van der Waals surface area contributed by atoms with Gasteiger partial charge in [-0.3, -0.25) is 4.79 Å². The highest BCUT2D eigenvalue weighted by atomic mass is 35.5. The molecule has 1 heterocycles. The second-order valence-electron chi connectivity index (χ2n) is 5.78. The van der Waals surface area contributed by atoms with Crippen LogP contribution in [-0.4, -0.2) is 24.6 Å². The van der Waals surface area contributed by atoms with Gasteiger partial charge >= 0.3 is 0 Å². The van der Waals surface area contributed by atoms with Gasteiger partial charge in [0.05, 0.1) is 19.1 Å². The van der Waals surface area contributed by atoms with E-state index < -0.39 is 0 Å². The Morgan fingerprint density at radius 2 is 2.15 bits per heavy atom. The van der Waals surface area contributed by atoms with Crippen LogP contribution in [0.2, 0.25) is 0 Å². The smallest absolute Gasteiger partial charge is 0.223 e. The largest absolute Gasteiger partial charge is 0.373 e. The van der Waals surface area contributed by atoms with E-state index in [4.69, 9.17) is 10.5 Å². The lowest BCUT2D eigenvalue weighted by Crippen LogP contribution is -2.45. The quantitative estimate of drug-likeness (QED) is 0.893. The number of halogens is 1. The zero-order valence-corrected chi connectivity index (χ0v) is 12.8. The first kappa shape index (κ1) is 17.0. The molecule has 1 unspecified atom stereocenters. The maximum atomic E-state index is 11.9. The maximum absolute atomic E-state index is 11.9. The topological polar surface area (TPSA) is 64.3 Å². The van der Waals surface area contributed by atoms with Gasteiger partial charge in [0.25, 0.3) is 0 Å². The first-order valence-corrected chi connectivity index (χ1v) is 6.71. The molecule has 1 aliphatic heterocycles. The summed E-state index contributed by atoms with van der Waals surface area (Å²) in [5.74, 6) is -0.0137. The minimum absolute atomic E-state index is 0. The first-order valence-electron chi connectivity index (χ1n) is 6.71. The van der Waals surface area contributed by atoms with Crippen LogP contribution in [-0.2, 0) is 16.0 Å². The predicted molar refractivity (Wildman–Crippen MR) is 82.0 cm³/mol. The van der Waals surface area contributed by atoms with Gasteiger partial charge in [0, 0.05) is 12.1 Å². The summed E-state index contributed by atoms with van der Waals surface area (Å²) in [5, 5.41) is 2.86. The van der Waals surface area contributed by atoms with E-state index in [0.717, 1.165) is 12.0 Å². The van der Waals surface area contributed by atoms with Crippen molar-refractivity contribution in [1.29, 1.82) is 0 Å². The standard InChI is InChI=1S/C15H22N2O2.ClH/c1-15(2,16)10-17-14(18)9-13-12-6-4-3-5-11(12)7-8-19-13;/h3-6,13H,7-10,16H2,1-2H3,(H,17,18);1H. The number of nitrogens with two attached hydrogens (primary N) is 1. The van der Waals surface area contributed by atoms with Crippen LogP contribution in [0.3, 0.4) is 0 Å². The third kappa shape index (κ3) is 4.78. The third-order valence-electron chi connectivity index (χ3n) is 3.20. The van der Waals surface area contributed by atoms with Crippen LogP contribution >= 0.6 is 12.4 Å². The van der Waals surface area contributed by atoms with Crippen molar-refractivity contribution in [2.24, 2.45) is 5.73 Å². The molecule has 2 rings (SSSR count). The molecule has 0 bridgehead atoms. The van der Waals surface area contributed by atoms with E-state index in [-0.39, 0.29) is 30.0 Å². The van der Waals surface area contributed by atoms with Gasteiger partial charge in [-0.15, -0.1) is 12.4 Å². The van der Waals surface area contributed by atoms with Gasteiger partial charge < -0.3 is 15.8 Å². The second kappa shape index (κ2) is 7.07. The lowest BCUT2D eigenvalue weighted by Gasteiger charge is -2.26. The number of hydrogen-bond donors (Lipinski definition) is 2. The molecule has 1 aliphatic rings. The highest BCUT2D eigenvalue weighted by molar-refractivity contribution is 5.85. The van der Waals surface area contributed by atoms with Crippen molar-refractivity contribution in [3.8, 4) is 0 Å². The van der Waals surface area contributed by atoms with Crippen molar-refractivity contribution in [3.05, 3.63) is 35.4 Å². The molecular formula is C15H23ClN2O2. The zero-order valence-electron chi connectivity index (χ0n) is 12.0. The molecule has 20 heavy (non-hydrogen) atoms. The monoisotopic (exact) mass is 298 g/mol. The molecule has 1 aromatic carbocycles. The summed E-state index contributed by atoms with van der Waals surface area (Å²) in [6.45, 7) is 4.93. The van der Waals surface area contributed by atoms with Crippen LogP contribution in [0.1, 0.15) is 37.5 Å². The molecule has 0 aromatic heterocycles. The number of hydrogen-bond acceptors (Lipinski definition) is 3. The molecule has 5 heteroatoms. The van der Waals surface area contributed by atoms with Gasteiger partial charge in [-0.05, 0) is 31.4 Å². The van der Waals surface area contributed by atoms with Gasteiger partial charge in [0.2, 0.25) is 5.91 Å². The lowest BCUT2D eigenvalue weighted by atomic mass is 9.95. The molecule has 1 amide bonds. The Balaban J connectivity index is 0.00000200. The number of ether oxygens (including phenoxy) is 1. The van der Waals surface area contributed by atoms with Gasteiger partial charge in [-0.25, -0.2) is 0 Å². The van der Waals surface area contributed by atoms with Gasteiger partial charge in [-0.1, -0.05) is 24.3 Å². The number of fused-ring (bicyclic) bond motifs is 1. The molecule has 1 atom stereocenters. The first-order chi connectivity index (χ1) is 8.96. The molecule has 0 fully saturated rings. The van der Waals surface area contributed by atoms with Gasteiger partial charge in [-0.2, -0.15) is 0 Å². The van der Waals surface area contributed by atoms with Crippen molar-refractivity contribution < 1.29 is 9.53 Å². The van der Waals surface area contributed by atoms with Gasteiger partial charge in [0.1, 0.15) is 0 Å². The number of nitrogens with one attached hydrogen (secondary N) is 1. The van der Waals surface area contributed by atoms with Crippen molar-refractivity contribution in [2.45, 2.75) is 38.3 Å². The van der Waals surface area contributed by atoms with Gasteiger partial charge in [0.15, 0.2) is 0 Å². The van der Waals surface area contributed by atoms with E-state index in [0.29, 0.717) is 19.6 Å². The summed E-state index contributed by atoms with van der Waals surface area (Å²) >= 11 is 0. The maximum Gasteiger partial charge on any atom is 0.223 e. The molecule has 4 nitrogen and oxygen atoms in total. The van der Waals surface area contributed by atoms with Crippen molar-refractivity contribution in [2.75, 3.05) is 13.2 Å². The Morgan fingerprint density at radius 1 is 1.45 bits per heavy atom. The molecule has 0 radical (unpaired) electrons. The van der Waals surface area contributed by atoms with E-state index in [1.807, 2.05) is 32.0 Å². The number of amides is 1. The van der Waals surface area contributed by atoms with E-state index in [1.165, 1.54) is 5.56 Å². The number of benzene rings is 1. The van der Waals surface area contributed by atoms with Crippen LogP contribution in [0.4, 0.5) is 0 Å². The number of carbonyl (C=O) groups is 1. The lowest BCUT2D eigenvalue weighted by molar-refractivity contribution is -0.124. The summed E-state index contributed by atoms with van der Waals surface area (Å²) in [7, 11) is 0. The Morgan fingerprint density at radius 3 is 2.85 bits per heavy atom. The van der Waals surface area contributed by atoms with Crippen LogP contribution < -0.4 is 11.1 Å². The minimum atomic E-state index is -0.388. The summed E-state index contributed by atoms with van der Waals surface area (Å²) in [6, 6.07) is 8.16. The van der Waals surface area contributed by atoms with Crippen molar-refractivity contribution in [3.63, 3.8) is 0 Å². The summed E-state index contributed by atoms with van der Waals surface area (Å²) in [5.41, 5.74) is 7.88. The average molecular weight is 299 g/mol. The second-order valence-corrected chi connectivity index (χ2v) is 5.78. The summed E-state index contributed by atoms with van der Waals surface area (Å²) < 4.78 is 5.71. The molecule has 0 aliphatic carbocycles. The highest BCUT2D eigenvalue weighted by Crippen LogP contribution is 2.29. The molecule has 0 saturated carbocycles. The van der Waals surface area contributed by atoms with Crippen LogP contribution in [0.5, 0.6) is 0 Å². The summed E-state index contributed by atoms with van der Waals surface area (Å²) in [4.78, 5) is 11.9. The van der Waals surface area contributed by atoms with Crippen molar-refractivity contribution >= 4 is 18.3 Å². The van der Waals surface area contributed by atoms with E-state index in [2.05, 4.69) is 11.4 Å². The molecule has 1 aromatic rings. The predicted octanol–water partition coefficient (Wildman–Crippen LogP) is 1.97. The highest BCUT2D eigenvalue weighted by Gasteiger charge is 2.23. The molecular weight excluding hydrogens is 276 g/mol. The van der Waals surface area contributed by atoms with Crippen molar-refractivity contribution in [1.82, 2.24) is 5.32 Å². The van der Waals surface area contributed by atoms with E-state index >= 15 is 0 Å². The normalized spacial score (nSPS) is 17.9. The Bertz CT molecular complexity index is 457. The Labute approximate surface area is 126 Å². The fourth-order valence-corrected chi connectivity index (χ4v) is 2.21. The molecule has 112 valence electrons.